The Morgan fingerprint density at radius 1 is 1.33 bits per heavy atom. The summed E-state index contributed by atoms with van der Waals surface area (Å²) in [5.41, 5.74) is 2.53. The van der Waals surface area contributed by atoms with Crippen LogP contribution in [0.25, 0.3) is 0 Å². The van der Waals surface area contributed by atoms with Crippen molar-refractivity contribution in [3.63, 3.8) is 0 Å². The number of para-hydroxylation sites is 1. The van der Waals surface area contributed by atoms with E-state index in [2.05, 4.69) is 30.1 Å². The van der Waals surface area contributed by atoms with Crippen molar-refractivity contribution in [3.05, 3.63) is 28.8 Å². The van der Waals surface area contributed by atoms with Crippen molar-refractivity contribution < 1.29 is 0 Å². The van der Waals surface area contributed by atoms with Crippen LogP contribution in [0.2, 0.25) is 5.02 Å². The number of anilines is 1. The first-order valence-electron chi connectivity index (χ1n) is 6.82. The molecule has 0 spiro atoms. The topological polar surface area (TPSA) is 15.3 Å². The molecule has 2 rings (SSSR count). The molecule has 0 amide bonds. The quantitative estimate of drug-likeness (QED) is 0.898. The predicted octanol–water partition coefficient (Wildman–Crippen LogP) is 3.68. The summed E-state index contributed by atoms with van der Waals surface area (Å²) in [5.74, 6) is 0.750. The van der Waals surface area contributed by atoms with Gasteiger partial charge in [-0.1, -0.05) is 30.7 Å². The van der Waals surface area contributed by atoms with Gasteiger partial charge in [0.05, 0.1) is 10.7 Å². The van der Waals surface area contributed by atoms with Gasteiger partial charge in [-0.2, -0.15) is 0 Å². The maximum atomic E-state index is 6.44. The smallest absolute Gasteiger partial charge is 0.0643 e. The minimum absolute atomic E-state index is 0.580. The first-order chi connectivity index (χ1) is 8.63. The summed E-state index contributed by atoms with van der Waals surface area (Å²) in [5, 5.41) is 4.11. The van der Waals surface area contributed by atoms with E-state index in [9.17, 15) is 0 Å². The highest BCUT2D eigenvalue weighted by Gasteiger charge is 2.26. The van der Waals surface area contributed by atoms with E-state index in [0.717, 1.165) is 24.0 Å². The number of rotatable bonds is 3. The van der Waals surface area contributed by atoms with Crippen LogP contribution >= 0.6 is 11.6 Å². The molecule has 100 valence electrons. The number of hydrogen-bond donors (Lipinski definition) is 1. The largest absolute Gasteiger partial charge is 0.367 e. The van der Waals surface area contributed by atoms with E-state index in [0.29, 0.717) is 6.04 Å². The molecule has 1 aromatic rings. The Hall–Kier alpha value is -0.730. The third kappa shape index (κ3) is 2.81. The molecule has 1 heterocycles. The second-order valence-electron chi connectivity index (χ2n) is 5.46. The van der Waals surface area contributed by atoms with Crippen molar-refractivity contribution in [3.8, 4) is 0 Å². The standard InChI is InChI=1S/C15H23ClN2/c1-11-7-8-12(2)18(10-11)15-13(9-17-3)5-4-6-14(15)16/h4-6,11-12,17H,7-10H2,1-3H3. The molecule has 0 aromatic heterocycles. The molecule has 2 nitrogen and oxygen atoms in total. The van der Waals surface area contributed by atoms with Gasteiger partial charge in [-0.15, -0.1) is 0 Å². The van der Waals surface area contributed by atoms with E-state index in [4.69, 9.17) is 11.6 Å². The minimum atomic E-state index is 0.580. The van der Waals surface area contributed by atoms with Crippen molar-refractivity contribution in [2.45, 2.75) is 39.3 Å². The Kier molecular flexibility index (Phi) is 4.52. The van der Waals surface area contributed by atoms with Gasteiger partial charge in [0.2, 0.25) is 0 Å². The molecule has 1 N–H and O–H groups in total. The van der Waals surface area contributed by atoms with Crippen molar-refractivity contribution in [1.29, 1.82) is 0 Å². The fourth-order valence-corrected chi connectivity index (χ4v) is 3.12. The second-order valence-corrected chi connectivity index (χ2v) is 5.87. The number of benzene rings is 1. The van der Waals surface area contributed by atoms with Crippen LogP contribution in [0.3, 0.4) is 0 Å². The van der Waals surface area contributed by atoms with E-state index in [1.807, 2.05) is 19.2 Å². The maximum absolute atomic E-state index is 6.44. The van der Waals surface area contributed by atoms with Gasteiger partial charge < -0.3 is 10.2 Å². The van der Waals surface area contributed by atoms with E-state index in [1.165, 1.54) is 24.1 Å². The Morgan fingerprint density at radius 2 is 2.11 bits per heavy atom. The molecule has 2 unspecified atom stereocenters. The van der Waals surface area contributed by atoms with Crippen LogP contribution in [-0.4, -0.2) is 19.6 Å². The van der Waals surface area contributed by atoms with Crippen LogP contribution in [0.1, 0.15) is 32.3 Å². The fraction of sp³-hybridized carbons (Fsp3) is 0.600. The highest BCUT2D eigenvalue weighted by molar-refractivity contribution is 6.33. The summed E-state index contributed by atoms with van der Waals surface area (Å²) in [6, 6.07) is 6.79. The van der Waals surface area contributed by atoms with E-state index in [1.54, 1.807) is 0 Å². The average molecular weight is 267 g/mol. The van der Waals surface area contributed by atoms with Gasteiger partial charge in [0.1, 0.15) is 0 Å². The lowest BCUT2D eigenvalue weighted by Crippen LogP contribution is -2.42. The zero-order valence-corrected chi connectivity index (χ0v) is 12.3. The van der Waals surface area contributed by atoms with E-state index in [-0.39, 0.29) is 0 Å². The van der Waals surface area contributed by atoms with E-state index >= 15 is 0 Å². The van der Waals surface area contributed by atoms with Crippen molar-refractivity contribution in [2.24, 2.45) is 5.92 Å². The third-order valence-electron chi connectivity index (χ3n) is 3.84. The van der Waals surface area contributed by atoms with Gasteiger partial charge in [-0.05, 0) is 44.4 Å². The van der Waals surface area contributed by atoms with Crippen LogP contribution in [0.5, 0.6) is 0 Å². The summed E-state index contributed by atoms with van der Waals surface area (Å²) < 4.78 is 0. The third-order valence-corrected chi connectivity index (χ3v) is 4.15. The van der Waals surface area contributed by atoms with Crippen molar-refractivity contribution in [1.82, 2.24) is 5.32 Å². The molecule has 0 aliphatic carbocycles. The van der Waals surface area contributed by atoms with Gasteiger partial charge in [-0.3, -0.25) is 0 Å². The zero-order valence-electron chi connectivity index (χ0n) is 11.5. The highest BCUT2D eigenvalue weighted by Crippen LogP contribution is 2.35. The first kappa shape index (κ1) is 13.7. The predicted molar refractivity (Wildman–Crippen MR) is 79.4 cm³/mol. The number of nitrogens with one attached hydrogen (secondary N) is 1. The SMILES string of the molecule is CNCc1cccc(Cl)c1N1CC(C)CCC1C. The molecule has 18 heavy (non-hydrogen) atoms. The molecule has 1 aliphatic rings. The van der Waals surface area contributed by atoms with Crippen LogP contribution < -0.4 is 10.2 Å². The normalized spacial score (nSPS) is 24.3. The van der Waals surface area contributed by atoms with Gasteiger partial charge in [0, 0.05) is 19.1 Å². The van der Waals surface area contributed by atoms with Crippen molar-refractivity contribution in [2.75, 3.05) is 18.5 Å². The molecule has 0 bridgehead atoms. The van der Waals surface area contributed by atoms with Crippen LogP contribution in [-0.2, 0) is 6.54 Å². The molecule has 2 atom stereocenters. The van der Waals surface area contributed by atoms with E-state index < -0.39 is 0 Å². The lowest BCUT2D eigenvalue weighted by Gasteiger charge is -2.40. The van der Waals surface area contributed by atoms with Gasteiger partial charge >= 0.3 is 0 Å². The monoisotopic (exact) mass is 266 g/mol. The van der Waals surface area contributed by atoms with Crippen LogP contribution in [0.4, 0.5) is 5.69 Å². The Bertz CT molecular complexity index is 405. The summed E-state index contributed by atoms with van der Waals surface area (Å²) in [6.07, 6.45) is 2.58. The van der Waals surface area contributed by atoms with Gasteiger partial charge in [-0.25, -0.2) is 0 Å². The van der Waals surface area contributed by atoms with Gasteiger partial charge in [0.15, 0.2) is 0 Å². The Morgan fingerprint density at radius 3 is 2.83 bits per heavy atom. The molecule has 0 radical (unpaired) electrons. The summed E-state index contributed by atoms with van der Waals surface area (Å²) in [7, 11) is 1.98. The minimum Gasteiger partial charge on any atom is -0.367 e. The Labute approximate surface area is 115 Å². The van der Waals surface area contributed by atoms with Gasteiger partial charge in [0.25, 0.3) is 0 Å². The van der Waals surface area contributed by atoms with Crippen LogP contribution in [0.15, 0.2) is 18.2 Å². The Balaban J connectivity index is 2.35. The number of nitrogens with zero attached hydrogens (tertiary/aromatic N) is 1. The highest BCUT2D eigenvalue weighted by atomic mass is 35.5. The second kappa shape index (κ2) is 5.94. The maximum Gasteiger partial charge on any atom is 0.0643 e. The lowest BCUT2D eigenvalue weighted by atomic mass is 9.93. The average Bonchev–Trinajstić information content (AvgIpc) is 2.34. The van der Waals surface area contributed by atoms with Crippen molar-refractivity contribution >= 4 is 17.3 Å². The molecule has 1 aliphatic heterocycles. The fourth-order valence-electron chi connectivity index (χ4n) is 2.81. The summed E-state index contributed by atoms with van der Waals surface area (Å²) in [6.45, 7) is 6.61. The number of hydrogen-bond acceptors (Lipinski definition) is 2. The first-order valence-corrected chi connectivity index (χ1v) is 7.20. The zero-order chi connectivity index (χ0) is 13.1. The lowest BCUT2D eigenvalue weighted by molar-refractivity contribution is 0.389. The molecular formula is C15H23ClN2. The molecular weight excluding hydrogens is 244 g/mol. The molecule has 1 fully saturated rings. The number of piperidine rings is 1. The van der Waals surface area contributed by atoms with Crippen LogP contribution in [0, 0.1) is 5.92 Å². The molecule has 1 aromatic carbocycles. The number of halogens is 1. The molecule has 0 saturated carbocycles. The summed E-state index contributed by atoms with van der Waals surface area (Å²) in [4.78, 5) is 2.49. The summed E-state index contributed by atoms with van der Waals surface area (Å²) >= 11 is 6.44. The molecule has 3 heteroatoms. The molecule has 1 saturated heterocycles.